The van der Waals surface area contributed by atoms with E-state index in [0.717, 1.165) is 38.5 Å². The average Bonchev–Trinajstić information content (AvgIpc) is 2.83. The van der Waals surface area contributed by atoms with Gasteiger partial charge in [0.25, 0.3) is 0 Å². The Hall–Kier alpha value is -1.64. The van der Waals surface area contributed by atoms with Gasteiger partial charge >= 0.3 is 6.03 Å². The second kappa shape index (κ2) is 6.70. The number of aryl methyl sites for hydroxylation is 1. The second-order valence-corrected chi connectivity index (χ2v) is 9.01. The van der Waals surface area contributed by atoms with Crippen molar-refractivity contribution in [1.29, 1.82) is 0 Å². The minimum atomic E-state index is -3.01. The van der Waals surface area contributed by atoms with Gasteiger partial charge in [-0.15, -0.1) is 0 Å². The highest BCUT2D eigenvalue weighted by atomic mass is 32.2. The summed E-state index contributed by atoms with van der Waals surface area (Å²) < 4.78 is 28.2. The first-order chi connectivity index (χ1) is 11.4. The van der Waals surface area contributed by atoms with Crippen LogP contribution in [0.1, 0.15) is 50.2 Å². The molecular weight excluding hydrogens is 332 g/mol. The summed E-state index contributed by atoms with van der Waals surface area (Å²) in [4.78, 5) is 18.6. The smallest absolute Gasteiger partial charge is 0.318 e. The molecule has 1 aliphatic heterocycles. The van der Waals surface area contributed by atoms with Crippen molar-refractivity contribution < 1.29 is 17.7 Å². The SMILES string of the molecule is Cc1nc(C2(NC(=O)N3CCS(=O)(=O)CC3)CCCCCC2)no1. The second-order valence-electron chi connectivity index (χ2n) is 6.70. The summed E-state index contributed by atoms with van der Waals surface area (Å²) in [6.07, 6.45) is 5.75. The minimum Gasteiger partial charge on any atom is -0.340 e. The zero-order valence-corrected chi connectivity index (χ0v) is 14.8. The molecule has 8 nitrogen and oxygen atoms in total. The Morgan fingerprint density at radius 1 is 1.17 bits per heavy atom. The average molecular weight is 356 g/mol. The summed E-state index contributed by atoms with van der Waals surface area (Å²) in [5.41, 5.74) is -0.623. The Morgan fingerprint density at radius 2 is 1.79 bits per heavy atom. The molecule has 0 atom stereocenters. The van der Waals surface area contributed by atoms with Crippen molar-refractivity contribution in [2.45, 2.75) is 51.0 Å². The Balaban J connectivity index is 1.78. The highest BCUT2D eigenvalue weighted by Gasteiger charge is 2.40. The molecule has 24 heavy (non-hydrogen) atoms. The number of hydrogen-bond acceptors (Lipinski definition) is 6. The van der Waals surface area contributed by atoms with E-state index in [1.807, 2.05) is 0 Å². The van der Waals surface area contributed by atoms with E-state index in [9.17, 15) is 13.2 Å². The van der Waals surface area contributed by atoms with Crippen molar-refractivity contribution >= 4 is 15.9 Å². The molecule has 2 aliphatic rings. The molecule has 0 aromatic carbocycles. The lowest BCUT2D eigenvalue weighted by Crippen LogP contribution is -2.55. The Labute approximate surface area is 141 Å². The van der Waals surface area contributed by atoms with Crippen LogP contribution in [-0.4, -0.2) is 54.1 Å². The van der Waals surface area contributed by atoms with Crippen LogP contribution in [0.5, 0.6) is 0 Å². The van der Waals surface area contributed by atoms with Crippen molar-refractivity contribution in [3.8, 4) is 0 Å². The van der Waals surface area contributed by atoms with E-state index in [0.29, 0.717) is 11.7 Å². The van der Waals surface area contributed by atoms with Crippen LogP contribution in [0.4, 0.5) is 4.79 Å². The van der Waals surface area contributed by atoms with Gasteiger partial charge in [-0.2, -0.15) is 4.98 Å². The summed E-state index contributed by atoms with van der Waals surface area (Å²) in [5, 5.41) is 7.17. The molecule has 1 aromatic rings. The van der Waals surface area contributed by atoms with Crippen LogP contribution >= 0.6 is 0 Å². The van der Waals surface area contributed by atoms with Crippen LogP contribution in [0, 0.1) is 6.92 Å². The van der Waals surface area contributed by atoms with Crippen molar-refractivity contribution in [2.75, 3.05) is 24.6 Å². The van der Waals surface area contributed by atoms with E-state index in [2.05, 4.69) is 15.5 Å². The van der Waals surface area contributed by atoms with E-state index >= 15 is 0 Å². The van der Waals surface area contributed by atoms with Crippen LogP contribution in [-0.2, 0) is 15.4 Å². The van der Waals surface area contributed by atoms with Gasteiger partial charge in [-0.25, -0.2) is 13.2 Å². The summed E-state index contributed by atoms with van der Waals surface area (Å²) in [6.45, 7) is 2.20. The third-order valence-electron chi connectivity index (χ3n) is 4.89. The van der Waals surface area contributed by atoms with Gasteiger partial charge in [0.2, 0.25) is 5.89 Å². The van der Waals surface area contributed by atoms with Crippen LogP contribution in [0.3, 0.4) is 0 Å². The van der Waals surface area contributed by atoms with Gasteiger partial charge < -0.3 is 14.7 Å². The minimum absolute atomic E-state index is 0.0226. The molecular formula is C15H24N4O4S. The molecule has 9 heteroatoms. The number of aromatic nitrogens is 2. The monoisotopic (exact) mass is 356 g/mol. The molecule has 2 fully saturated rings. The van der Waals surface area contributed by atoms with Gasteiger partial charge in [0.05, 0.1) is 11.5 Å². The molecule has 2 amide bonds. The molecule has 0 bridgehead atoms. The van der Waals surface area contributed by atoms with Gasteiger partial charge in [-0.3, -0.25) is 0 Å². The molecule has 1 N–H and O–H groups in total. The highest BCUT2D eigenvalue weighted by molar-refractivity contribution is 7.91. The predicted molar refractivity (Wildman–Crippen MR) is 87.2 cm³/mol. The van der Waals surface area contributed by atoms with Gasteiger partial charge in [0.1, 0.15) is 5.54 Å². The molecule has 2 heterocycles. The highest BCUT2D eigenvalue weighted by Crippen LogP contribution is 2.34. The zero-order chi connectivity index (χ0) is 17.2. The largest absolute Gasteiger partial charge is 0.340 e. The third kappa shape index (κ3) is 3.71. The number of carbonyl (C=O) groups excluding carboxylic acids is 1. The molecule has 1 saturated heterocycles. The number of sulfone groups is 1. The molecule has 1 aromatic heterocycles. The molecule has 0 radical (unpaired) electrons. The summed E-state index contributed by atoms with van der Waals surface area (Å²) >= 11 is 0. The topological polar surface area (TPSA) is 105 Å². The quantitative estimate of drug-likeness (QED) is 0.802. The number of nitrogens with zero attached hydrogens (tertiary/aromatic N) is 3. The fraction of sp³-hybridized carbons (Fsp3) is 0.800. The number of rotatable bonds is 2. The first kappa shape index (κ1) is 17.2. The third-order valence-corrected chi connectivity index (χ3v) is 6.50. The Morgan fingerprint density at radius 3 is 2.33 bits per heavy atom. The lowest BCUT2D eigenvalue weighted by Gasteiger charge is -2.35. The van der Waals surface area contributed by atoms with Crippen LogP contribution in [0.15, 0.2) is 4.52 Å². The molecule has 3 rings (SSSR count). The Bertz CT molecular complexity index is 678. The zero-order valence-electron chi connectivity index (χ0n) is 14.0. The molecule has 1 aliphatic carbocycles. The van der Waals surface area contributed by atoms with Gasteiger partial charge in [0, 0.05) is 20.0 Å². The maximum Gasteiger partial charge on any atom is 0.318 e. The number of urea groups is 1. The molecule has 0 spiro atoms. The lowest BCUT2D eigenvalue weighted by molar-refractivity contribution is 0.176. The predicted octanol–water partition coefficient (Wildman–Crippen LogP) is 1.37. The van der Waals surface area contributed by atoms with Gasteiger partial charge in [-0.05, 0) is 12.8 Å². The maximum absolute atomic E-state index is 12.7. The summed E-state index contributed by atoms with van der Waals surface area (Å²) in [6, 6.07) is -0.241. The fourth-order valence-corrected chi connectivity index (χ4v) is 4.63. The number of carbonyl (C=O) groups is 1. The van der Waals surface area contributed by atoms with E-state index in [1.54, 1.807) is 11.8 Å². The molecule has 0 unspecified atom stereocenters. The van der Waals surface area contributed by atoms with Crippen molar-refractivity contribution in [1.82, 2.24) is 20.4 Å². The van der Waals surface area contributed by atoms with E-state index in [-0.39, 0.29) is 30.6 Å². The molecule has 134 valence electrons. The number of nitrogens with one attached hydrogen (secondary N) is 1. The van der Waals surface area contributed by atoms with E-state index in [4.69, 9.17) is 4.52 Å². The lowest BCUT2D eigenvalue weighted by atomic mass is 9.89. The van der Waals surface area contributed by atoms with Gasteiger partial charge in [0.15, 0.2) is 15.7 Å². The number of hydrogen-bond donors (Lipinski definition) is 1. The summed E-state index contributed by atoms with van der Waals surface area (Å²) in [5.74, 6) is 1.05. The van der Waals surface area contributed by atoms with Crippen molar-refractivity contribution in [3.05, 3.63) is 11.7 Å². The van der Waals surface area contributed by atoms with Crippen LogP contribution in [0.25, 0.3) is 0 Å². The van der Waals surface area contributed by atoms with Crippen molar-refractivity contribution in [3.63, 3.8) is 0 Å². The van der Waals surface area contributed by atoms with E-state index in [1.165, 1.54) is 0 Å². The van der Waals surface area contributed by atoms with Crippen LogP contribution in [0.2, 0.25) is 0 Å². The number of amides is 2. The van der Waals surface area contributed by atoms with E-state index < -0.39 is 15.4 Å². The Kier molecular flexibility index (Phi) is 4.80. The first-order valence-corrected chi connectivity index (χ1v) is 10.3. The fourth-order valence-electron chi connectivity index (χ4n) is 3.43. The normalized spacial score (nSPS) is 23.5. The van der Waals surface area contributed by atoms with Crippen LogP contribution < -0.4 is 5.32 Å². The van der Waals surface area contributed by atoms with Gasteiger partial charge in [-0.1, -0.05) is 30.8 Å². The first-order valence-electron chi connectivity index (χ1n) is 8.49. The van der Waals surface area contributed by atoms with Crippen molar-refractivity contribution in [2.24, 2.45) is 0 Å². The maximum atomic E-state index is 12.7. The molecule has 1 saturated carbocycles. The standard InChI is InChI=1S/C15H24N4O4S/c1-12-16-13(18-23-12)15(6-4-2-3-5-7-15)17-14(20)19-8-10-24(21,22)11-9-19/h2-11H2,1H3,(H,17,20). The summed E-state index contributed by atoms with van der Waals surface area (Å²) in [7, 11) is -3.01.